The first-order chi connectivity index (χ1) is 4.09. The highest BCUT2D eigenvalue weighted by Crippen LogP contribution is 1.99. The van der Waals surface area contributed by atoms with Crippen molar-refractivity contribution in [2.24, 2.45) is 5.73 Å². The number of hydrogen-bond acceptors (Lipinski definition) is 2. The van der Waals surface area contributed by atoms with Crippen LogP contribution in [0.25, 0.3) is 0 Å². The van der Waals surface area contributed by atoms with Gasteiger partial charge in [0.25, 0.3) is 0 Å². The molecule has 0 aromatic carbocycles. The summed E-state index contributed by atoms with van der Waals surface area (Å²) in [6, 6.07) is 0.0335. The summed E-state index contributed by atoms with van der Waals surface area (Å²) >= 11 is 4.25. The van der Waals surface area contributed by atoms with E-state index in [9.17, 15) is 5.21 Å². The van der Waals surface area contributed by atoms with Crippen LogP contribution < -0.4 is 10.8 Å². The molecule has 0 bridgehead atoms. The van der Waals surface area contributed by atoms with Crippen LogP contribution in [0.1, 0.15) is 0 Å². The Hall–Kier alpha value is 1.34. The van der Waals surface area contributed by atoms with E-state index in [0.717, 1.165) is 4.43 Å². The van der Waals surface area contributed by atoms with Crippen molar-refractivity contribution in [3.8, 4) is 0 Å². The molecule has 0 aliphatic carbocycles. The lowest BCUT2D eigenvalue weighted by molar-refractivity contribution is -0.849. The van der Waals surface area contributed by atoms with Crippen molar-refractivity contribution in [1.82, 2.24) is 0 Å². The Labute approximate surface area is 82.2 Å². The average molecular weight is 356 g/mol. The van der Waals surface area contributed by atoms with E-state index in [1.807, 2.05) is 0 Å². The zero-order valence-corrected chi connectivity index (χ0v) is 9.42. The van der Waals surface area contributed by atoms with Crippen LogP contribution in [0.5, 0.6) is 0 Å². The monoisotopic (exact) mass is 356 g/mol. The number of rotatable bonds is 3. The minimum Gasteiger partial charge on any atom is -0.634 e. The van der Waals surface area contributed by atoms with E-state index < -0.39 is 0 Å². The van der Waals surface area contributed by atoms with E-state index in [0.29, 0.717) is 0 Å². The van der Waals surface area contributed by atoms with Gasteiger partial charge in [0.05, 0.1) is 11.5 Å². The Morgan fingerprint density at radius 1 is 1.78 bits per heavy atom. The maximum Gasteiger partial charge on any atom is 0.121 e. The van der Waals surface area contributed by atoms with Gasteiger partial charge in [0, 0.05) is 0 Å². The van der Waals surface area contributed by atoms with Crippen LogP contribution in [0.4, 0.5) is 0 Å². The number of nitrogens with one attached hydrogen (secondary N) is 1. The molecule has 3 unspecified atom stereocenters. The lowest BCUT2D eigenvalue weighted by Gasteiger charge is -2.27. The second-order valence-corrected chi connectivity index (χ2v) is 4.14. The molecule has 0 fully saturated rings. The van der Waals surface area contributed by atoms with Gasteiger partial charge < -0.3 is 16.0 Å². The average Bonchev–Trinajstić information content (AvgIpc) is 1.64. The summed E-state index contributed by atoms with van der Waals surface area (Å²) in [5, 5.41) is 10.9. The van der Waals surface area contributed by atoms with Crippen molar-refractivity contribution >= 4 is 45.2 Å². The maximum absolute atomic E-state index is 10.7. The first-order valence-electron chi connectivity index (χ1n) is 2.55. The highest BCUT2D eigenvalue weighted by Gasteiger charge is 2.16. The number of likely N-dealkylation sites (N-methyl/N-ethyl adjacent to an activating group) is 1. The quantitative estimate of drug-likeness (QED) is 0.311. The van der Waals surface area contributed by atoms with Crippen LogP contribution >= 0.6 is 45.2 Å². The fraction of sp³-hybridized carbons (Fsp3) is 1.00. The standard InChI is InChI=1S/C4H10I2N2O/c1-8(9)3(2-5)4(6)7/h3-4,8H,2,7H2,1H3. The third-order valence-electron chi connectivity index (χ3n) is 1.07. The molecule has 0 spiro atoms. The molecule has 5 heteroatoms. The fourth-order valence-electron chi connectivity index (χ4n) is 0.418. The highest BCUT2D eigenvalue weighted by molar-refractivity contribution is 14.1. The second-order valence-electron chi connectivity index (χ2n) is 1.82. The second kappa shape index (κ2) is 5.05. The van der Waals surface area contributed by atoms with Crippen LogP contribution in [0.15, 0.2) is 0 Å². The van der Waals surface area contributed by atoms with Gasteiger partial charge in [0.1, 0.15) is 10.1 Å². The molecule has 3 atom stereocenters. The van der Waals surface area contributed by atoms with Gasteiger partial charge >= 0.3 is 0 Å². The largest absolute Gasteiger partial charge is 0.634 e. The normalized spacial score (nSPS) is 21.0. The molecular formula is C4H10I2N2O. The van der Waals surface area contributed by atoms with Crippen molar-refractivity contribution < 1.29 is 5.06 Å². The minimum atomic E-state index is -0.0306. The summed E-state index contributed by atoms with van der Waals surface area (Å²) in [5.74, 6) is 0. The molecule has 56 valence electrons. The molecule has 0 saturated heterocycles. The summed E-state index contributed by atoms with van der Waals surface area (Å²) in [6.07, 6.45) is 0. The van der Waals surface area contributed by atoms with Gasteiger partial charge in [-0.1, -0.05) is 45.2 Å². The van der Waals surface area contributed by atoms with Gasteiger partial charge in [0.2, 0.25) is 0 Å². The number of halogens is 2. The van der Waals surface area contributed by atoms with E-state index in [1.54, 1.807) is 7.05 Å². The molecule has 0 aliphatic heterocycles. The van der Waals surface area contributed by atoms with Crippen LogP contribution in [0, 0.1) is 5.21 Å². The third-order valence-corrected chi connectivity index (χ3v) is 2.89. The number of alkyl halides is 2. The van der Waals surface area contributed by atoms with Crippen LogP contribution in [-0.4, -0.2) is 21.6 Å². The van der Waals surface area contributed by atoms with Crippen LogP contribution in [-0.2, 0) is 0 Å². The predicted molar refractivity (Wildman–Crippen MR) is 54.9 cm³/mol. The van der Waals surface area contributed by atoms with E-state index in [-0.39, 0.29) is 15.2 Å². The lowest BCUT2D eigenvalue weighted by atomic mass is 10.3. The van der Waals surface area contributed by atoms with Crippen molar-refractivity contribution in [3.63, 3.8) is 0 Å². The van der Waals surface area contributed by atoms with E-state index >= 15 is 0 Å². The van der Waals surface area contributed by atoms with Gasteiger partial charge in [-0.15, -0.1) is 0 Å². The van der Waals surface area contributed by atoms with Crippen LogP contribution in [0.3, 0.4) is 0 Å². The van der Waals surface area contributed by atoms with Crippen molar-refractivity contribution in [1.29, 1.82) is 0 Å². The smallest absolute Gasteiger partial charge is 0.121 e. The molecular weight excluding hydrogens is 346 g/mol. The van der Waals surface area contributed by atoms with Crippen LogP contribution in [0.2, 0.25) is 0 Å². The summed E-state index contributed by atoms with van der Waals surface area (Å²) in [5.41, 5.74) is 5.51. The van der Waals surface area contributed by atoms with E-state index in [2.05, 4.69) is 45.2 Å². The van der Waals surface area contributed by atoms with Crippen molar-refractivity contribution in [3.05, 3.63) is 5.21 Å². The number of hydroxylamine groups is 2. The summed E-state index contributed by atoms with van der Waals surface area (Å²) in [6.45, 7) is 0. The Bertz CT molecular complexity index is 71.0. The van der Waals surface area contributed by atoms with Gasteiger partial charge in [-0.25, -0.2) is 0 Å². The molecule has 0 rings (SSSR count). The SMILES string of the molecule is C[NH+]([O-])C(CI)C(N)I. The number of nitrogens with two attached hydrogens (primary N) is 1. The molecule has 0 saturated carbocycles. The first kappa shape index (κ1) is 10.3. The van der Waals surface area contributed by atoms with Gasteiger partial charge in [-0.05, 0) is 0 Å². The van der Waals surface area contributed by atoms with E-state index in [4.69, 9.17) is 5.73 Å². The maximum atomic E-state index is 10.7. The third kappa shape index (κ3) is 3.91. The molecule has 3 N–H and O–H groups in total. The summed E-state index contributed by atoms with van der Waals surface area (Å²) < 4.78 is 0.786. The fourth-order valence-corrected chi connectivity index (χ4v) is 3.32. The topological polar surface area (TPSA) is 53.5 Å². The zero-order valence-electron chi connectivity index (χ0n) is 5.10. The predicted octanol–water partition coefficient (Wildman–Crippen LogP) is -0.478. The Kier molecular flexibility index (Phi) is 5.80. The van der Waals surface area contributed by atoms with E-state index in [1.165, 1.54) is 0 Å². The van der Waals surface area contributed by atoms with Crippen molar-refractivity contribution in [2.45, 2.75) is 10.1 Å². The Morgan fingerprint density at radius 2 is 2.22 bits per heavy atom. The molecule has 3 nitrogen and oxygen atoms in total. The zero-order chi connectivity index (χ0) is 7.44. The van der Waals surface area contributed by atoms with Gasteiger partial charge in [-0.2, -0.15) is 0 Å². The van der Waals surface area contributed by atoms with Gasteiger partial charge in [0.15, 0.2) is 0 Å². The molecule has 0 aliphatic rings. The Balaban J connectivity index is 3.68. The molecule has 0 aromatic rings. The number of quaternary nitrogens is 1. The molecule has 0 radical (unpaired) electrons. The summed E-state index contributed by atoms with van der Waals surface area (Å²) in [7, 11) is 1.59. The lowest BCUT2D eigenvalue weighted by Crippen LogP contribution is -3.10. The van der Waals surface area contributed by atoms with Crippen molar-refractivity contribution in [2.75, 3.05) is 11.5 Å². The highest BCUT2D eigenvalue weighted by atomic mass is 127. The molecule has 9 heavy (non-hydrogen) atoms. The molecule has 0 amide bonds. The van der Waals surface area contributed by atoms with Gasteiger partial charge in [-0.3, -0.25) is 0 Å². The molecule has 0 aromatic heterocycles. The summed E-state index contributed by atoms with van der Waals surface area (Å²) in [4.78, 5) is 0. The minimum absolute atomic E-state index is 0.0306. The first-order valence-corrected chi connectivity index (χ1v) is 5.32. The molecule has 0 heterocycles. The Morgan fingerprint density at radius 3 is 2.22 bits per heavy atom. The number of hydrogen-bond donors (Lipinski definition) is 2.